The van der Waals surface area contributed by atoms with Gasteiger partial charge < -0.3 is 9.30 Å². The van der Waals surface area contributed by atoms with Gasteiger partial charge in [0.25, 0.3) is 0 Å². The minimum atomic E-state index is -0.209. The number of nitrogens with zero attached hydrogens (tertiary/aromatic N) is 2. The summed E-state index contributed by atoms with van der Waals surface area (Å²) in [6, 6.07) is 6.53. The number of hydrogen-bond donors (Lipinski definition) is 0. The Bertz CT molecular complexity index is 525. The van der Waals surface area contributed by atoms with Crippen LogP contribution >= 0.6 is 0 Å². The standard InChI is InChI=1S/C19H27FN2O/c1-2-3-4-5-6-7-19(14-22-13-12-21-16-22)23-15-17-8-10-18(20)11-9-17/h8-13,16,19H,2-7,14-15H2,1H3. The molecule has 2 rings (SSSR count). The van der Waals surface area contributed by atoms with Gasteiger partial charge in [0, 0.05) is 18.9 Å². The summed E-state index contributed by atoms with van der Waals surface area (Å²) in [6.45, 7) is 3.57. The van der Waals surface area contributed by atoms with Crippen LogP contribution in [-0.2, 0) is 17.9 Å². The maximum Gasteiger partial charge on any atom is 0.123 e. The fraction of sp³-hybridized carbons (Fsp3) is 0.526. The summed E-state index contributed by atoms with van der Waals surface area (Å²) in [5.74, 6) is -0.209. The number of imidazole rings is 1. The maximum atomic E-state index is 13.0. The highest BCUT2D eigenvalue weighted by Gasteiger charge is 2.10. The molecule has 0 bridgehead atoms. The van der Waals surface area contributed by atoms with E-state index in [-0.39, 0.29) is 11.9 Å². The van der Waals surface area contributed by atoms with Gasteiger partial charge in [0.05, 0.1) is 19.0 Å². The first-order valence-corrected chi connectivity index (χ1v) is 8.59. The van der Waals surface area contributed by atoms with E-state index in [4.69, 9.17) is 4.74 Å². The average Bonchev–Trinajstić information content (AvgIpc) is 3.06. The molecule has 1 unspecified atom stereocenters. The lowest BCUT2D eigenvalue weighted by molar-refractivity contribution is 0.0220. The summed E-state index contributed by atoms with van der Waals surface area (Å²) in [7, 11) is 0. The molecule has 0 radical (unpaired) electrons. The van der Waals surface area contributed by atoms with Crippen molar-refractivity contribution in [3.8, 4) is 0 Å². The van der Waals surface area contributed by atoms with E-state index >= 15 is 0 Å². The second-order valence-corrected chi connectivity index (χ2v) is 6.02. The molecular weight excluding hydrogens is 291 g/mol. The fourth-order valence-corrected chi connectivity index (χ4v) is 2.63. The molecule has 1 aromatic carbocycles. The molecule has 4 heteroatoms. The van der Waals surface area contributed by atoms with Crippen LogP contribution < -0.4 is 0 Å². The molecule has 3 nitrogen and oxygen atoms in total. The van der Waals surface area contributed by atoms with Crippen molar-refractivity contribution in [3.05, 3.63) is 54.4 Å². The van der Waals surface area contributed by atoms with E-state index < -0.39 is 0 Å². The van der Waals surface area contributed by atoms with Crippen LogP contribution in [0.5, 0.6) is 0 Å². The van der Waals surface area contributed by atoms with Gasteiger partial charge in [-0.15, -0.1) is 0 Å². The van der Waals surface area contributed by atoms with Crippen molar-refractivity contribution < 1.29 is 9.13 Å². The molecule has 0 amide bonds. The van der Waals surface area contributed by atoms with E-state index in [1.807, 2.05) is 12.5 Å². The molecule has 23 heavy (non-hydrogen) atoms. The van der Waals surface area contributed by atoms with Crippen molar-refractivity contribution in [2.75, 3.05) is 0 Å². The molecular formula is C19H27FN2O. The van der Waals surface area contributed by atoms with Crippen LogP contribution in [0, 0.1) is 5.82 Å². The average molecular weight is 318 g/mol. The number of aromatic nitrogens is 2. The van der Waals surface area contributed by atoms with E-state index in [1.54, 1.807) is 18.3 Å². The van der Waals surface area contributed by atoms with E-state index in [1.165, 1.54) is 44.2 Å². The zero-order chi connectivity index (χ0) is 16.3. The second kappa shape index (κ2) is 10.2. The van der Waals surface area contributed by atoms with Crippen LogP contribution in [-0.4, -0.2) is 15.7 Å². The smallest absolute Gasteiger partial charge is 0.123 e. The minimum Gasteiger partial charge on any atom is -0.372 e. The lowest BCUT2D eigenvalue weighted by atomic mass is 10.1. The van der Waals surface area contributed by atoms with Crippen molar-refractivity contribution in [3.63, 3.8) is 0 Å². The summed E-state index contributed by atoms with van der Waals surface area (Å²) < 4.78 is 21.1. The fourth-order valence-electron chi connectivity index (χ4n) is 2.63. The van der Waals surface area contributed by atoms with Gasteiger partial charge in [0.2, 0.25) is 0 Å². The van der Waals surface area contributed by atoms with Crippen LogP contribution in [0.15, 0.2) is 43.0 Å². The number of hydrogen-bond acceptors (Lipinski definition) is 2. The number of halogens is 1. The quantitative estimate of drug-likeness (QED) is 0.547. The summed E-state index contributed by atoms with van der Waals surface area (Å²) in [4.78, 5) is 4.09. The summed E-state index contributed by atoms with van der Waals surface area (Å²) in [5, 5.41) is 0. The summed E-state index contributed by atoms with van der Waals surface area (Å²) in [5.41, 5.74) is 1.01. The Morgan fingerprint density at radius 1 is 1.13 bits per heavy atom. The van der Waals surface area contributed by atoms with Crippen molar-refractivity contribution in [1.29, 1.82) is 0 Å². The topological polar surface area (TPSA) is 27.1 Å². The van der Waals surface area contributed by atoms with E-state index in [9.17, 15) is 4.39 Å². The normalized spacial score (nSPS) is 12.4. The van der Waals surface area contributed by atoms with Crippen molar-refractivity contribution in [2.24, 2.45) is 0 Å². The molecule has 0 aliphatic rings. The third-order valence-corrected chi connectivity index (χ3v) is 4.00. The van der Waals surface area contributed by atoms with Crippen molar-refractivity contribution in [1.82, 2.24) is 9.55 Å². The molecule has 0 aliphatic carbocycles. The lowest BCUT2D eigenvalue weighted by Gasteiger charge is -2.18. The summed E-state index contributed by atoms with van der Waals surface area (Å²) >= 11 is 0. The molecule has 126 valence electrons. The Balaban J connectivity index is 1.80. The Morgan fingerprint density at radius 3 is 2.61 bits per heavy atom. The van der Waals surface area contributed by atoms with Crippen LogP contribution in [0.3, 0.4) is 0 Å². The van der Waals surface area contributed by atoms with Gasteiger partial charge in [0.1, 0.15) is 5.82 Å². The van der Waals surface area contributed by atoms with Crippen LogP contribution in [0.4, 0.5) is 4.39 Å². The van der Waals surface area contributed by atoms with E-state index in [0.717, 1.165) is 18.5 Å². The van der Waals surface area contributed by atoms with Crippen LogP contribution in [0.2, 0.25) is 0 Å². The van der Waals surface area contributed by atoms with Gasteiger partial charge in [0.15, 0.2) is 0 Å². The Morgan fingerprint density at radius 2 is 1.91 bits per heavy atom. The molecule has 0 saturated heterocycles. The molecule has 0 aliphatic heterocycles. The zero-order valence-corrected chi connectivity index (χ0v) is 14.0. The van der Waals surface area contributed by atoms with Crippen molar-refractivity contribution in [2.45, 2.75) is 64.7 Å². The van der Waals surface area contributed by atoms with Gasteiger partial charge in [-0.2, -0.15) is 0 Å². The Kier molecular flexibility index (Phi) is 7.81. The molecule has 0 saturated carbocycles. The molecule has 0 spiro atoms. The van der Waals surface area contributed by atoms with Gasteiger partial charge in [-0.05, 0) is 24.1 Å². The van der Waals surface area contributed by atoms with Crippen molar-refractivity contribution >= 4 is 0 Å². The summed E-state index contributed by atoms with van der Waals surface area (Å²) in [6.07, 6.45) is 13.1. The SMILES string of the molecule is CCCCCCCC(Cn1ccnc1)OCc1ccc(F)cc1. The number of ether oxygens (including phenoxy) is 1. The number of rotatable bonds is 11. The third-order valence-electron chi connectivity index (χ3n) is 4.00. The monoisotopic (exact) mass is 318 g/mol. The second-order valence-electron chi connectivity index (χ2n) is 6.02. The van der Waals surface area contributed by atoms with Gasteiger partial charge >= 0.3 is 0 Å². The predicted molar refractivity (Wildman–Crippen MR) is 90.6 cm³/mol. The Labute approximate surface area is 138 Å². The first kappa shape index (κ1) is 17.7. The highest BCUT2D eigenvalue weighted by Crippen LogP contribution is 2.14. The zero-order valence-electron chi connectivity index (χ0n) is 14.0. The van der Waals surface area contributed by atoms with Crippen LogP contribution in [0.1, 0.15) is 51.0 Å². The van der Waals surface area contributed by atoms with Crippen LogP contribution in [0.25, 0.3) is 0 Å². The van der Waals surface area contributed by atoms with Gasteiger partial charge in [-0.25, -0.2) is 9.37 Å². The Hall–Kier alpha value is -1.68. The predicted octanol–water partition coefficient (Wildman–Crippen LogP) is 4.97. The minimum absolute atomic E-state index is 0.163. The van der Waals surface area contributed by atoms with E-state index in [2.05, 4.69) is 16.5 Å². The highest BCUT2D eigenvalue weighted by molar-refractivity contribution is 5.14. The molecule has 1 aromatic heterocycles. The van der Waals surface area contributed by atoms with E-state index in [0.29, 0.717) is 6.61 Å². The highest BCUT2D eigenvalue weighted by atomic mass is 19.1. The number of benzene rings is 1. The molecule has 1 heterocycles. The maximum absolute atomic E-state index is 13.0. The first-order valence-electron chi connectivity index (χ1n) is 8.59. The van der Waals surface area contributed by atoms with Gasteiger partial charge in [-0.3, -0.25) is 0 Å². The number of unbranched alkanes of at least 4 members (excludes halogenated alkanes) is 4. The van der Waals surface area contributed by atoms with Gasteiger partial charge in [-0.1, -0.05) is 51.2 Å². The molecule has 2 aromatic rings. The first-order chi connectivity index (χ1) is 11.3. The molecule has 0 N–H and O–H groups in total. The molecule has 0 fully saturated rings. The molecule has 1 atom stereocenters. The third kappa shape index (κ3) is 6.95. The largest absolute Gasteiger partial charge is 0.372 e. The lowest BCUT2D eigenvalue weighted by Crippen LogP contribution is -2.19.